The quantitative estimate of drug-likeness (QED) is 0.178. The van der Waals surface area contributed by atoms with Crippen LogP contribution in [0.4, 0.5) is 0 Å². The second-order valence-corrected chi connectivity index (χ2v) is 15.3. The van der Waals surface area contributed by atoms with Gasteiger partial charge in [-0.1, -0.05) is 159 Å². The molecule has 0 spiro atoms. The van der Waals surface area contributed by atoms with Crippen molar-refractivity contribution in [2.75, 3.05) is 0 Å². The summed E-state index contributed by atoms with van der Waals surface area (Å²) in [5.74, 6) is 0.692. The second-order valence-electron chi connectivity index (χ2n) is 15.3. The lowest BCUT2D eigenvalue weighted by atomic mass is 9.82. The van der Waals surface area contributed by atoms with Crippen LogP contribution >= 0.6 is 0 Å². The van der Waals surface area contributed by atoms with Crippen LogP contribution in [0.5, 0.6) is 0 Å². The van der Waals surface area contributed by atoms with Gasteiger partial charge in [0.1, 0.15) is 11.2 Å². The van der Waals surface area contributed by atoms with Crippen molar-refractivity contribution in [3.05, 3.63) is 193 Å². The fourth-order valence-electron chi connectivity index (χ4n) is 8.94. The van der Waals surface area contributed by atoms with E-state index in [0.29, 0.717) is 5.82 Å². The Morgan fingerprint density at radius 1 is 0.411 bits per heavy atom. The number of fused-ring (bicyclic) bond motifs is 7. The van der Waals surface area contributed by atoms with Crippen LogP contribution in [0.15, 0.2) is 186 Å². The molecule has 56 heavy (non-hydrogen) atoms. The molecular formula is C53H36N2O. The van der Waals surface area contributed by atoms with E-state index < -0.39 is 0 Å². The number of hydrogen-bond acceptors (Lipinski definition) is 3. The molecule has 264 valence electrons. The first-order valence-corrected chi connectivity index (χ1v) is 19.2. The Labute approximate surface area is 325 Å². The number of furan rings is 1. The van der Waals surface area contributed by atoms with Gasteiger partial charge < -0.3 is 4.42 Å². The predicted molar refractivity (Wildman–Crippen MR) is 232 cm³/mol. The van der Waals surface area contributed by atoms with E-state index in [4.69, 9.17) is 14.4 Å². The number of para-hydroxylation sites is 1. The molecule has 0 saturated heterocycles. The number of aromatic nitrogens is 2. The van der Waals surface area contributed by atoms with Crippen molar-refractivity contribution in [3.63, 3.8) is 0 Å². The third kappa shape index (κ3) is 5.05. The molecule has 8 aromatic carbocycles. The molecule has 1 aliphatic rings. The Kier molecular flexibility index (Phi) is 7.20. The van der Waals surface area contributed by atoms with Crippen molar-refractivity contribution in [1.29, 1.82) is 0 Å². The zero-order valence-electron chi connectivity index (χ0n) is 31.1. The fraction of sp³-hybridized carbons (Fsp3) is 0.0566. The van der Waals surface area contributed by atoms with Crippen LogP contribution in [0, 0.1) is 0 Å². The normalized spacial score (nSPS) is 13.0. The number of rotatable bonds is 5. The Bertz CT molecular complexity index is 3160. The first-order valence-electron chi connectivity index (χ1n) is 19.2. The van der Waals surface area contributed by atoms with Crippen LogP contribution in [0.3, 0.4) is 0 Å². The van der Waals surface area contributed by atoms with Crippen LogP contribution in [-0.4, -0.2) is 9.97 Å². The fourth-order valence-corrected chi connectivity index (χ4v) is 8.94. The molecular weight excluding hydrogens is 681 g/mol. The maximum absolute atomic E-state index is 6.75. The predicted octanol–water partition coefficient (Wildman–Crippen LogP) is 14.2. The summed E-state index contributed by atoms with van der Waals surface area (Å²) in [6.07, 6.45) is 0. The highest BCUT2D eigenvalue weighted by Crippen LogP contribution is 2.52. The molecule has 2 aromatic heterocycles. The lowest BCUT2D eigenvalue weighted by molar-refractivity contribution is 0.660. The largest absolute Gasteiger partial charge is 0.455 e. The van der Waals surface area contributed by atoms with E-state index in [2.05, 4.69) is 184 Å². The summed E-state index contributed by atoms with van der Waals surface area (Å²) < 4.78 is 6.75. The Morgan fingerprint density at radius 3 is 1.88 bits per heavy atom. The molecule has 0 unspecified atom stereocenters. The summed E-state index contributed by atoms with van der Waals surface area (Å²) in [7, 11) is 0. The number of nitrogens with zero attached hydrogens (tertiary/aromatic N) is 2. The molecule has 3 heteroatoms. The van der Waals surface area contributed by atoms with Crippen LogP contribution in [0.2, 0.25) is 0 Å². The number of hydrogen-bond donors (Lipinski definition) is 0. The van der Waals surface area contributed by atoms with Gasteiger partial charge in [-0.05, 0) is 86.1 Å². The summed E-state index contributed by atoms with van der Waals surface area (Å²) in [6.45, 7) is 4.65. The SMILES string of the molecule is CC1(C)c2ccccc2-c2c(-c3cc(-c4cc(-c5ccccc5)cc(-c5c6ccccc6cc6c5oc5ccccc56)c4)nc(-c4ccccc4)n3)cccc21. The first-order chi connectivity index (χ1) is 27.5. The summed E-state index contributed by atoms with van der Waals surface area (Å²) >= 11 is 0. The third-order valence-corrected chi connectivity index (χ3v) is 11.7. The van der Waals surface area contributed by atoms with Crippen molar-refractivity contribution >= 4 is 32.7 Å². The van der Waals surface area contributed by atoms with Gasteiger partial charge in [-0.2, -0.15) is 0 Å². The number of benzene rings is 8. The van der Waals surface area contributed by atoms with Gasteiger partial charge in [0.25, 0.3) is 0 Å². The highest BCUT2D eigenvalue weighted by Gasteiger charge is 2.37. The van der Waals surface area contributed by atoms with E-state index in [0.717, 1.165) is 77.7 Å². The minimum atomic E-state index is -0.126. The van der Waals surface area contributed by atoms with Gasteiger partial charge in [-0.15, -0.1) is 0 Å². The molecule has 11 rings (SSSR count). The molecule has 0 saturated carbocycles. The zero-order chi connectivity index (χ0) is 37.4. The molecule has 0 fully saturated rings. The van der Waals surface area contributed by atoms with E-state index >= 15 is 0 Å². The molecule has 0 radical (unpaired) electrons. The van der Waals surface area contributed by atoms with Gasteiger partial charge in [0.05, 0.1) is 11.4 Å². The molecule has 3 nitrogen and oxygen atoms in total. The Balaban J connectivity index is 1.21. The smallest absolute Gasteiger partial charge is 0.160 e. The molecule has 1 aliphatic carbocycles. The molecule has 0 N–H and O–H groups in total. The van der Waals surface area contributed by atoms with Gasteiger partial charge in [-0.3, -0.25) is 0 Å². The molecule has 0 amide bonds. The molecule has 0 atom stereocenters. The second kappa shape index (κ2) is 12.5. The average molecular weight is 717 g/mol. The third-order valence-electron chi connectivity index (χ3n) is 11.7. The van der Waals surface area contributed by atoms with Gasteiger partial charge in [0.15, 0.2) is 5.82 Å². The topological polar surface area (TPSA) is 38.9 Å². The monoisotopic (exact) mass is 716 g/mol. The molecule has 0 aliphatic heterocycles. The Hall–Kier alpha value is -7.10. The van der Waals surface area contributed by atoms with Crippen molar-refractivity contribution in [2.45, 2.75) is 19.3 Å². The van der Waals surface area contributed by atoms with Crippen molar-refractivity contribution in [3.8, 4) is 67.3 Å². The Morgan fingerprint density at radius 2 is 1.04 bits per heavy atom. The first kappa shape index (κ1) is 32.3. The lowest BCUT2D eigenvalue weighted by Crippen LogP contribution is -2.14. The lowest BCUT2D eigenvalue weighted by Gasteiger charge is -2.21. The van der Waals surface area contributed by atoms with Crippen LogP contribution in [0.1, 0.15) is 25.0 Å². The van der Waals surface area contributed by atoms with Crippen LogP contribution in [-0.2, 0) is 5.41 Å². The van der Waals surface area contributed by atoms with Gasteiger partial charge >= 0.3 is 0 Å². The summed E-state index contributed by atoms with van der Waals surface area (Å²) in [5, 5.41) is 4.54. The highest BCUT2D eigenvalue weighted by molar-refractivity contribution is 6.18. The minimum Gasteiger partial charge on any atom is -0.455 e. The molecule has 2 heterocycles. The van der Waals surface area contributed by atoms with Gasteiger partial charge in [0.2, 0.25) is 0 Å². The van der Waals surface area contributed by atoms with Gasteiger partial charge in [0, 0.05) is 38.4 Å². The summed E-state index contributed by atoms with van der Waals surface area (Å²) in [5.41, 5.74) is 16.0. The highest BCUT2D eigenvalue weighted by atomic mass is 16.3. The summed E-state index contributed by atoms with van der Waals surface area (Å²) in [6, 6.07) is 64.7. The van der Waals surface area contributed by atoms with Crippen molar-refractivity contribution in [2.24, 2.45) is 0 Å². The maximum atomic E-state index is 6.75. The molecule has 10 aromatic rings. The molecule has 0 bridgehead atoms. The average Bonchev–Trinajstić information content (AvgIpc) is 3.74. The van der Waals surface area contributed by atoms with Crippen molar-refractivity contribution < 1.29 is 4.42 Å². The minimum absolute atomic E-state index is 0.126. The van der Waals surface area contributed by atoms with E-state index in [1.165, 1.54) is 27.6 Å². The van der Waals surface area contributed by atoms with Gasteiger partial charge in [-0.25, -0.2) is 9.97 Å². The summed E-state index contributed by atoms with van der Waals surface area (Å²) in [4.78, 5) is 10.7. The van der Waals surface area contributed by atoms with E-state index in [1.807, 2.05) is 12.1 Å². The van der Waals surface area contributed by atoms with Crippen molar-refractivity contribution in [1.82, 2.24) is 9.97 Å². The standard InChI is InChI=1S/C53H36N2O/c1-53(2)44-25-13-11-23-41(44)50-42(24-15-26-45(50)53)47-32-46(54-52(55-47)34-18-7-4-8-19-34)37-28-36(33-16-5-3-6-17-33)29-38(30-37)49-39-21-10-9-20-35(39)31-43-40-22-12-14-27-48(40)56-51(43)49/h3-32H,1-2H3. The van der Waals surface area contributed by atoms with Crippen LogP contribution in [0.25, 0.3) is 100.0 Å². The van der Waals surface area contributed by atoms with E-state index in [-0.39, 0.29) is 5.41 Å². The van der Waals surface area contributed by atoms with Crippen LogP contribution < -0.4 is 0 Å². The van der Waals surface area contributed by atoms with E-state index in [9.17, 15) is 0 Å². The van der Waals surface area contributed by atoms with E-state index in [1.54, 1.807) is 0 Å². The maximum Gasteiger partial charge on any atom is 0.160 e. The zero-order valence-corrected chi connectivity index (χ0v) is 31.1.